The monoisotopic (exact) mass is 271 g/mol. The molecule has 1 fully saturated rings. The molecule has 0 atom stereocenters. The molecule has 1 saturated heterocycles. The summed E-state index contributed by atoms with van der Waals surface area (Å²) in [5, 5.41) is 1.04. The third kappa shape index (κ3) is 2.43. The lowest BCUT2D eigenvalue weighted by Crippen LogP contribution is -2.37. The smallest absolute Gasteiger partial charge is 0.308 e. The number of benzene rings is 1. The van der Waals surface area contributed by atoms with Gasteiger partial charge in [0.25, 0.3) is 0 Å². The van der Waals surface area contributed by atoms with Crippen molar-refractivity contribution >= 4 is 22.8 Å². The van der Waals surface area contributed by atoms with Crippen LogP contribution in [0.2, 0.25) is 0 Å². The molecular formula is C15H17N3O2. The summed E-state index contributed by atoms with van der Waals surface area (Å²) >= 11 is 0. The van der Waals surface area contributed by atoms with Crippen molar-refractivity contribution in [2.45, 2.75) is 12.8 Å². The van der Waals surface area contributed by atoms with Crippen LogP contribution in [0, 0.1) is 5.92 Å². The van der Waals surface area contributed by atoms with Crippen LogP contribution in [0.3, 0.4) is 0 Å². The molecule has 1 aromatic heterocycles. The number of nitrogens with zero attached hydrogens (tertiary/aromatic N) is 3. The predicted octanol–water partition coefficient (Wildman–Crippen LogP) is 2.02. The molecule has 5 heteroatoms. The fourth-order valence-electron chi connectivity index (χ4n) is 2.60. The van der Waals surface area contributed by atoms with Gasteiger partial charge < -0.3 is 9.64 Å². The first-order valence-electron chi connectivity index (χ1n) is 6.82. The summed E-state index contributed by atoms with van der Waals surface area (Å²) in [4.78, 5) is 22.7. The molecule has 2 aromatic rings. The van der Waals surface area contributed by atoms with Crippen molar-refractivity contribution in [3.8, 4) is 0 Å². The van der Waals surface area contributed by atoms with Gasteiger partial charge in [0.2, 0.25) is 5.95 Å². The summed E-state index contributed by atoms with van der Waals surface area (Å²) in [5.41, 5.74) is 0.951. The van der Waals surface area contributed by atoms with Crippen LogP contribution in [0.5, 0.6) is 0 Å². The molecule has 0 saturated carbocycles. The van der Waals surface area contributed by atoms with Crippen LogP contribution in [0.1, 0.15) is 12.8 Å². The van der Waals surface area contributed by atoms with Crippen LogP contribution >= 0.6 is 0 Å². The van der Waals surface area contributed by atoms with Crippen LogP contribution in [0.4, 0.5) is 5.95 Å². The molecule has 5 nitrogen and oxygen atoms in total. The van der Waals surface area contributed by atoms with E-state index in [4.69, 9.17) is 4.74 Å². The summed E-state index contributed by atoms with van der Waals surface area (Å²) in [6.07, 6.45) is 3.44. The average Bonchev–Trinajstić information content (AvgIpc) is 2.54. The van der Waals surface area contributed by atoms with Crippen molar-refractivity contribution in [3.63, 3.8) is 0 Å². The van der Waals surface area contributed by atoms with E-state index in [2.05, 4.69) is 14.9 Å². The number of methoxy groups -OCH3 is 1. The maximum Gasteiger partial charge on any atom is 0.308 e. The van der Waals surface area contributed by atoms with Gasteiger partial charge in [-0.1, -0.05) is 18.2 Å². The fraction of sp³-hybridized carbons (Fsp3) is 0.400. The van der Waals surface area contributed by atoms with Gasteiger partial charge in [-0.15, -0.1) is 0 Å². The molecule has 1 aromatic carbocycles. The lowest BCUT2D eigenvalue weighted by Gasteiger charge is -2.30. The summed E-state index contributed by atoms with van der Waals surface area (Å²) in [5.74, 6) is 0.646. The van der Waals surface area contributed by atoms with Crippen LogP contribution in [0.25, 0.3) is 10.9 Å². The Morgan fingerprint density at radius 1 is 1.30 bits per heavy atom. The number of anilines is 1. The topological polar surface area (TPSA) is 55.3 Å². The van der Waals surface area contributed by atoms with Crippen molar-refractivity contribution in [2.24, 2.45) is 5.92 Å². The Kier molecular flexibility index (Phi) is 3.50. The highest BCUT2D eigenvalue weighted by molar-refractivity contribution is 5.78. The first-order valence-corrected chi connectivity index (χ1v) is 6.82. The molecule has 0 bridgehead atoms. The second kappa shape index (κ2) is 5.45. The van der Waals surface area contributed by atoms with Gasteiger partial charge in [-0.25, -0.2) is 9.97 Å². The number of aromatic nitrogens is 2. The van der Waals surface area contributed by atoms with Crippen molar-refractivity contribution in [2.75, 3.05) is 25.1 Å². The fourth-order valence-corrected chi connectivity index (χ4v) is 2.60. The minimum atomic E-state index is -0.107. The number of rotatable bonds is 2. The summed E-state index contributed by atoms with van der Waals surface area (Å²) < 4.78 is 4.80. The molecule has 0 spiro atoms. The number of hydrogen-bond donors (Lipinski definition) is 0. The Morgan fingerprint density at radius 3 is 2.80 bits per heavy atom. The largest absolute Gasteiger partial charge is 0.469 e. The first-order chi connectivity index (χ1) is 9.78. The highest BCUT2D eigenvalue weighted by Crippen LogP contribution is 2.22. The minimum absolute atomic E-state index is 0.0108. The minimum Gasteiger partial charge on any atom is -0.469 e. The molecule has 0 amide bonds. The Hall–Kier alpha value is -2.17. The van der Waals surface area contributed by atoms with E-state index in [0.717, 1.165) is 42.8 Å². The molecule has 3 rings (SSSR count). The number of hydrogen-bond acceptors (Lipinski definition) is 5. The zero-order valence-electron chi connectivity index (χ0n) is 11.5. The molecule has 1 aliphatic rings. The molecule has 2 heterocycles. The number of carbonyl (C=O) groups is 1. The number of esters is 1. The van der Waals surface area contributed by atoms with E-state index in [1.54, 1.807) is 0 Å². The van der Waals surface area contributed by atoms with E-state index in [1.165, 1.54) is 7.11 Å². The van der Waals surface area contributed by atoms with Gasteiger partial charge >= 0.3 is 5.97 Å². The van der Waals surface area contributed by atoms with E-state index in [-0.39, 0.29) is 11.9 Å². The van der Waals surface area contributed by atoms with Crippen molar-refractivity contribution < 1.29 is 9.53 Å². The van der Waals surface area contributed by atoms with E-state index >= 15 is 0 Å². The number of fused-ring (bicyclic) bond motifs is 1. The zero-order chi connectivity index (χ0) is 13.9. The lowest BCUT2D eigenvalue weighted by atomic mass is 9.97. The normalized spacial score (nSPS) is 16.4. The molecular weight excluding hydrogens is 254 g/mol. The maximum absolute atomic E-state index is 11.5. The molecule has 20 heavy (non-hydrogen) atoms. The van der Waals surface area contributed by atoms with Gasteiger partial charge in [-0.3, -0.25) is 4.79 Å². The van der Waals surface area contributed by atoms with Crippen LogP contribution < -0.4 is 4.90 Å². The number of carbonyl (C=O) groups excluding carboxylic acids is 1. The number of piperidine rings is 1. The van der Waals surface area contributed by atoms with Crippen LogP contribution in [-0.2, 0) is 9.53 Å². The Balaban J connectivity index is 1.75. The van der Waals surface area contributed by atoms with Crippen LogP contribution in [0.15, 0.2) is 30.5 Å². The second-order valence-electron chi connectivity index (χ2n) is 5.01. The Morgan fingerprint density at radius 2 is 2.05 bits per heavy atom. The van der Waals surface area contributed by atoms with Crippen molar-refractivity contribution in [3.05, 3.63) is 30.5 Å². The van der Waals surface area contributed by atoms with E-state index < -0.39 is 0 Å². The quantitative estimate of drug-likeness (QED) is 0.782. The van der Waals surface area contributed by atoms with Gasteiger partial charge in [0.15, 0.2) is 0 Å². The lowest BCUT2D eigenvalue weighted by molar-refractivity contribution is -0.146. The summed E-state index contributed by atoms with van der Waals surface area (Å²) in [7, 11) is 1.45. The van der Waals surface area contributed by atoms with Crippen molar-refractivity contribution in [1.82, 2.24) is 9.97 Å². The third-order valence-electron chi connectivity index (χ3n) is 3.79. The van der Waals surface area contributed by atoms with E-state index in [9.17, 15) is 4.79 Å². The third-order valence-corrected chi connectivity index (χ3v) is 3.79. The van der Waals surface area contributed by atoms with Gasteiger partial charge in [-0.05, 0) is 18.9 Å². The number of ether oxygens (including phenoxy) is 1. The van der Waals surface area contributed by atoms with Crippen LogP contribution in [-0.4, -0.2) is 36.1 Å². The van der Waals surface area contributed by atoms with Gasteiger partial charge in [-0.2, -0.15) is 0 Å². The Labute approximate surface area is 117 Å². The zero-order valence-corrected chi connectivity index (χ0v) is 11.5. The molecule has 0 aliphatic carbocycles. The standard InChI is InChI=1S/C15H17N3O2/c1-20-14(19)11-6-8-18(9-7-11)15-16-10-12-4-2-3-5-13(12)17-15/h2-5,10-11H,6-9H2,1H3. The van der Waals surface area contributed by atoms with Gasteiger partial charge in [0.05, 0.1) is 18.5 Å². The molecule has 0 N–H and O–H groups in total. The SMILES string of the molecule is COC(=O)C1CCN(c2ncc3ccccc3n2)CC1. The van der Waals surface area contributed by atoms with Gasteiger partial charge in [0.1, 0.15) is 0 Å². The highest BCUT2D eigenvalue weighted by atomic mass is 16.5. The summed E-state index contributed by atoms with van der Waals surface area (Å²) in [6, 6.07) is 7.94. The number of para-hydroxylation sites is 1. The van der Waals surface area contributed by atoms with E-state index in [0.29, 0.717) is 0 Å². The van der Waals surface area contributed by atoms with Gasteiger partial charge in [0, 0.05) is 24.7 Å². The van der Waals surface area contributed by atoms with Crippen molar-refractivity contribution in [1.29, 1.82) is 0 Å². The maximum atomic E-state index is 11.5. The molecule has 104 valence electrons. The first kappa shape index (κ1) is 12.8. The van der Waals surface area contributed by atoms with E-state index in [1.807, 2.05) is 30.5 Å². The Bertz CT molecular complexity index is 621. The molecule has 0 radical (unpaired) electrons. The predicted molar refractivity (Wildman–Crippen MR) is 76.5 cm³/mol. The molecule has 0 unspecified atom stereocenters. The average molecular weight is 271 g/mol. The highest BCUT2D eigenvalue weighted by Gasteiger charge is 2.26. The second-order valence-corrected chi connectivity index (χ2v) is 5.01. The summed E-state index contributed by atoms with van der Waals surface area (Å²) in [6.45, 7) is 1.58. The molecule has 1 aliphatic heterocycles.